The highest BCUT2D eigenvalue weighted by Gasteiger charge is 2.71. The molecule has 5 aliphatic carbocycles. The van der Waals surface area contributed by atoms with E-state index in [2.05, 4.69) is 93.0 Å². The van der Waals surface area contributed by atoms with Crippen LogP contribution in [0.2, 0.25) is 0 Å². The van der Waals surface area contributed by atoms with Crippen LogP contribution in [-0.4, -0.2) is 38.2 Å². The fourth-order valence-electron chi connectivity index (χ4n) is 14.3. The lowest BCUT2D eigenvalue weighted by Gasteiger charge is -2.72. The number of rotatable bonds is 9. The lowest BCUT2D eigenvalue weighted by atomic mass is 9.32. The number of fused-ring (bicyclic) bond motifs is 8. The molecule has 0 radical (unpaired) electrons. The van der Waals surface area contributed by atoms with Gasteiger partial charge in [-0.05, 0) is 152 Å². The van der Waals surface area contributed by atoms with Crippen molar-refractivity contribution in [2.75, 3.05) is 0 Å². The zero-order valence-electron chi connectivity index (χ0n) is 34.1. The molecule has 5 fully saturated rings. The number of carbonyl (C=O) groups excluding carboxylic acids is 1. The first-order valence-electron chi connectivity index (χ1n) is 21.2. The van der Waals surface area contributed by atoms with E-state index in [1.807, 2.05) is 0 Å². The molecule has 0 bridgehead atoms. The Bertz CT molecular complexity index is 2000. The second-order valence-corrected chi connectivity index (χ2v) is 20.0. The molecule has 8 rings (SSSR count). The Kier molecular flexibility index (Phi) is 9.47. The lowest BCUT2D eigenvalue weighted by molar-refractivity contribution is -0.246. The van der Waals surface area contributed by atoms with Gasteiger partial charge >= 0.3 is 5.97 Å². The van der Waals surface area contributed by atoms with E-state index in [4.69, 9.17) is 0 Å². The van der Waals surface area contributed by atoms with Crippen LogP contribution >= 0.6 is 0 Å². The highest BCUT2D eigenvalue weighted by atomic mass is 16.4. The molecule has 8 heteroatoms. The first-order valence-corrected chi connectivity index (χ1v) is 21.2. The zero-order valence-corrected chi connectivity index (χ0v) is 34.1. The van der Waals surface area contributed by atoms with E-state index in [0.29, 0.717) is 54.7 Å². The maximum atomic E-state index is 14.8. The third kappa shape index (κ3) is 5.94. The standard InChI is InChI=1S/C47H64N4O4/c1-28(2)32-15-20-47(22-21-45(6)33(40(32)47)12-14-37-44(5)18-17-38(52)43(3,4)36(44)16-19-46(37,45)7)42(55)49-26-30-10-8-9-29(23-30)25-48-27-39-50-34-13-11-31(41(53)54)24-35(34)51-39/h8-11,13,23-24,32-33,36-38,40,48,52H,1,12,14-22,25-27H2,2-7H3,(H,49,55)(H,50,51)(H,53,54)/t32?,33?,36?,37?,38-,40?,44-,45+,46+,47-/m0/s1. The number of aromatic nitrogens is 2. The number of H-pyrrole nitrogens is 1. The molecule has 5 aliphatic rings. The summed E-state index contributed by atoms with van der Waals surface area (Å²) in [4.78, 5) is 34.0. The van der Waals surface area contributed by atoms with Gasteiger partial charge in [0.25, 0.3) is 0 Å². The number of hydrogen-bond donors (Lipinski definition) is 5. The molecule has 8 nitrogen and oxygen atoms in total. The summed E-state index contributed by atoms with van der Waals surface area (Å²) >= 11 is 0. The Labute approximate surface area is 327 Å². The number of allylic oxidation sites excluding steroid dienone is 1. The number of aliphatic hydroxyl groups is 1. The number of nitrogens with one attached hydrogen (secondary N) is 3. The summed E-state index contributed by atoms with van der Waals surface area (Å²) < 4.78 is 0. The van der Waals surface area contributed by atoms with Crippen molar-refractivity contribution in [3.8, 4) is 0 Å². The molecule has 296 valence electrons. The Balaban J connectivity index is 0.962. The van der Waals surface area contributed by atoms with E-state index in [0.717, 1.165) is 61.0 Å². The molecule has 55 heavy (non-hydrogen) atoms. The fourth-order valence-corrected chi connectivity index (χ4v) is 14.3. The minimum Gasteiger partial charge on any atom is -0.478 e. The maximum absolute atomic E-state index is 14.8. The van der Waals surface area contributed by atoms with Crippen molar-refractivity contribution >= 4 is 22.9 Å². The summed E-state index contributed by atoms with van der Waals surface area (Å²) in [7, 11) is 0. The van der Waals surface area contributed by atoms with Crippen molar-refractivity contribution in [1.82, 2.24) is 20.6 Å². The molecule has 1 heterocycles. The van der Waals surface area contributed by atoms with Gasteiger partial charge in [0.2, 0.25) is 5.91 Å². The number of carboxylic acids is 1. The molecule has 5 N–H and O–H groups in total. The highest BCUT2D eigenvalue weighted by Crippen LogP contribution is 2.77. The van der Waals surface area contributed by atoms with Crippen molar-refractivity contribution in [2.45, 2.75) is 131 Å². The number of nitrogens with zero attached hydrogens (tertiary/aromatic N) is 1. The van der Waals surface area contributed by atoms with Crippen LogP contribution in [0.5, 0.6) is 0 Å². The molecule has 3 aromatic rings. The molecule has 5 unspecified atom stereocenters. The number of benzene rings is 2. The second-order valence-electron chi connectivity index (χ2n) is 20.0. The topological polar surface area (TPSA) is 127 Å². The molecular formula is C47H64N4O4. The number of aliphatic hydroxyl groups excluding tert-OH is 1. The maximum Gasteiger partial charge on any atom is 0.335 e. The lowest BCUT2D eigenvalue weighted by Crippen LogP contribution is -2.67. The van der Waals surface area contributed by atoms with Crippen molar-refractivity contribution in [1.29, 1.82) is 0 Å². The van der Waals surface area contributed by atoms with Crippen molar-refractivity contribution in [3.05, 3.63) is 77.1 Å². The van der Waals surface area contributed by atoms with E-state index in [9.17, 15) is 19.8 Å². The van der Waals surface area contributed by atoms with Crippen LogP contribution in [0.4, 0.5) is 0 Å². The van der Waals surface area contributed by atoms with Gasteiger partial charge in [0.05, 0.1) is 34.7 Å². The predicted molar refractivity (Wildman–Crippen MR) is 217 cm³/mol. The molecule has 1 aromatic heterocycles. The van der Waals surface area contributed by atoms with E-state index < -0.39 is 5.97 Å². The zero-order chi connectivity index (χ0) is 39.1. The predicted octanol–water partition coefficient (Wildman–Crippen LogP) is 9.19. The average Bonchev–Trinajstić information content (AvgIpc) is 3.75. The van der Waals surface area contributed by atoms with E-state index in [1.165, 1.54) is 31.3 Å². The van der Waals surface area contributed by atoms with Gasteiger partial charge in [-0.1, -0.05) is 71.0 Å². The quantitative estimate of drug-likeness (QED) is 0.139. The number of aromatic carboxylic acids is 1. The van der Waals surface area contributed by atoms with Crippen LogP contribution in [0.3, 0.4) is 0 Å². The number of hydrogen-bond acceptors (Lipinski definition) is 5. The molecule has 0 saturated heterocycles. The van der Waals surface area contributed by atoms with E-state index in [1.54, 1.807) is 18.2 Å². The van der Waals surface area contributed by atoms with Crippen molar-refractivity contribution < 1.29 is 19.8 Å². The van der Waals surface area contributed by atoms with Gasteiger partial charge in [0.1, 0.15) is 5.82 Å². The molecular weight excluding hydrogens is 685 g/mol. The van der Waals surface area contributed by atoms with Crippen LogP contribution in [0.25, 0.3) is 11.0 Å². The number of amides is 1. The summed E-state index contributed by atoms with van der Waals surface area (Å²) in [6.07, 6.45) is 10.7. The summed E-state index contributed by atoms with van der Waals surface area (Å²) in [5, 5.41) is 27.4. The van der Waals surface area contributed by atoms with Gasteiger partial charge in [-0.25, -0.2) is 9.78 Å². The largest absolute Gasteiger partial charge is 0.478 e. The summed E-state index contributed by atoms with van der Waals surface area (Å²) in [5.41, 5.74) is 5.39. The van der Waals surface area contributed by atoms with Crippen LogP contribution < -0.4 is 10.6 Å². The highest BCUT2D eigenvalue weighted by molar-refractivity contribution is 5.92. The number of imidazole rings is 1. The minimum atomic E-state index is -0.956. The second kappa shape index (κ2) is 13.6. The molecule has 5 saturated carbocycles. The monoisotopic (exact) mass is 748 g/mol. The first-order chi connectivity index (χ1) is 26.0. The summed E-state index contributed by atoms with van der Waals surface area (Å²) in [6, 6.07) is 13.4. The Morgan fingerprint density at radius 3 is 2.36 bits per heavy atom. The molecule has 0 aliphatic heterocycles. The third-order valence-electron chi connectivity index (χ3n) is 17.3. The molecule has 10 atom stereocenters. The van der Waals surface area contributed by atoms with Gasteiger partial charge in [0, 0.05) is 13.1 Å². The van der Waals surface area contributed by atoms with E-state index in [-0.39, 0.29) is 44.6 Å². The van der Waals surface area contributed by atoms with Crippen LogP contribution in [0, 0.1) is 56.7 Å². The summed E-state index contributed by atoms with van der Waals surface area (Å²) in [6.45, 7) is 21.0. The fraction of sp³-hybridized carbons (Fsp3) is 0.638. The van der Waals surface area contributed by atoms with Crippen LogP contribution in [0.15, 0.2) is 54.6 Å². The smallest absolute Gasteiger partial charge is 0.335 e. The SMILES string of the molecule is C=C(C)C1CC[C@]2(C(=O)NCc3cccc(CNCc4nc5ccc(C(=O)O)cc5[nH]4)c3)CC[C@]3(C)C(CCC4[C@@]5(C)CC[C@H](O)C(C)(C)C5CC[C@]43C)C12. The van der Waals surface area contributed by atoms with Gasteiger partial charge in [-0.3, -0.25) is 4.79 Å². The van der Waals surface area contributed by atoms with Gasteiger partial charge in [-0.15, -0.1) is 0 Å². The van der Waals surface area contributed by atoms with Gasteiger partial charge < -0.3 is 25.8 Å². The Morgan fingerprint density at radius 1 is 0.855 bits per heavy atom. The molecule has 0 spiro atoms. The van der Waals surface area contributed by atoms with E-state index >= 15 is 0 Å². The molecule has 1 amide bonds. The normalized spacial score (nSPS) is 37.7. The average molecular weight is 749 g/mol. The van der Waals surface area contributed by atoms with Crippen molar-refractivity contribution in [3.63, 3.8) is 0 Å². The van der Waals surface area contributed by atoms with Gasteiger partial charge in [-0.2, -0.15) is 0 Å². The number of carbonyl (C=O) groups is 2. The Morgan fingerprint density at radius 2 is 1.62 bits per heavy atom. The van der Waals surface area contributed by atoms with Crippen LogP contribution in [-0.2, 0) is 24.4 Å². The van der Waals surface area contributed by atoms with Crippen molar-refractivity contribution in [2.24, 2.45) is 56.7 Å². The number of aromatic amines is 1. The minimum absolute atomic E-state index is 0.0507. The third-order valence-corrected chi connectivity index (χ3v) is 17.3. The summed E-state index contributed by atoms with van der Waals surface area (Å²) in [5.74, 6) is 2.44. The van der Waals surface area contributed by atoms with Gasteiger partial charge in [0.15, 0.2) is 0 Å². The first kappa shape index (κ1) is 38.4. The number of carboxylic acid groups (broad SMARTS) is 1. The molecule has 2 aromatic carbocycles. The Hall–Kier alpha value is -3.49. The van der Waals surface area contributed by atoms with Crippen LogP contribution in [0.1, 0.15) is 133 Å².